The summed E-state index contributed by atoms with van der Waals surface area (Å²) in [5.41, 5.74) is -0.677. The topological polar surface area (TPSA) is 139 Å². The van der Waals surface area contributed by atoms with E-state index in [1.165, 1.54) is 36.5 Å². The van der Waals surface area contributed by atoms with E-state index in [0.29, 0.717) is 5.69 Å². The first-order valence-corrected chi connectivity index (χ1v) is 13.6. The third kappa shape index (κ3) is 5.63. The quantitative estimate of drug-likeness (QED) is 0.431. The first-order chi connectivity index (χ1) is 18.4. The SMILES string of the molecule is CC1=C(C#N)[C@@H](c2ccc(C#N)cc2S(=O)(=O)NCc2csc(C)n2)NC(=O)N1c1cccc(C(F)(F)F)c1. The maximum atomic E-state index is 13.3. The fourth-order valence-corrected chi connectivity index (χ4v) is 5.95. The molecule has 1 atom stereocenters. The van der Waals surface area contributed by atoms with Gasteiger partial charge in [0, 0.05) is 11.1 Å². The van der Waals surface area contributed by atoms with Crippen LogP contribution in [0.2, 0.25) is 0 Å². The smallest absolute Gasteiger partial charge is 0.326 e. The molecule has 2 heterocycles. The van der Waals surface area contributed by atoms with Gasteiger partial charge in [-0.15, -0.1) is 11.3 Å². The predicted molar refractivity (Wildman–Crippen MR) is 136 cm³/mol. The third-order valence-corrected chi connectivity index (χ3v) is 8.17. The molecule has 1 aliphatic rings. The van der Waals surface area contributed by atoms with Crippen LogP contribution in [0.5, 0.6) is 0 Å². The monoisotopic (exact) mass is 572 g/mol. The minimum atomic E-state index is -4.66. The minimum absolute atomic E-state index is 0.00361. The number of allylic oxidation sites excluding steroid dienone is 1. The van der Waals surface area contributed by atoms with E-state index in [4.69, 9.17) is 0 Å². The summed E-state index contributed by atoms with van der Waals surface area (Å²) in [6.07, 6.45) is -4.66. The highest BCUT2D eigenvalue weighted by atomic mass is 32.2. The van der Waals surface area contributed by atoms with Gasteiger partial charge in [0.15, 0.2) is 0 Å². The Kier molecular flexibility index (Phi) is 7.48. The number of aryl methyl sites for hydroxylation is 1. The Hall–Kier alpha value is -4.24. The molecule has 2 aromatic carbocycles. The zero-order valence-electron chi connectivity index (χ0n) is 20.4. The van der Waals surface area contributed by atoms with Gasteiger partial charge in [0.05, 0.1) is 62.7 Å². The second kappa shape index (κ2) is 10.5. The van der Waals surface area contributed by atoms with Gasteiger partial charge in [-0.05, 0) is 49.7 Å². The lowest BCUT2D eigenvalue weighted by atomic mass is 9.94. The zero-order valence-corrected chi connectivity index (χ0v) is 22.0. The molecule has 0 radical (unpaired) electrons. The van der Waals surface area contributed by atoms with Crippen LogP contribution in [0.1, 0.15) is 40.4 Å². The van der Waals surface area contributed by atoms with Crippen molar-refractivity contribution in [1.82, 2.24) is 15.0 Å². The summed E-state index contributed by atoms with van der Waals surface area (Å²) < 4.78 is 68.9. The van der Waals surface area contributed by atoms with Crippen LogP contribution in [0, 0.1) is 29.6 Å². The van der Waals surface area contributed by atoms with Gasteiger partial charge in [-0.3, -0.25) is 4.90 Å². The molecule has 1 aliphatic heterocycles. The van der Waals surface area contributed by atoms with Gasteiger partial charge in [-0.25, -0.2) is 22.9 Å². The third-order valence-electron chi connectivity index (χ3n) is 5.89. The number of alkyl halides is 3. The van der Waals surface area contributed by atoms with Gasteiger partial charge >= 0.3 is 12.2 Å². The first kappa shape index (κ1) is 27.8. The number of halogens is 3. The van der Waals surface area contributed by atoms with Crippen molar-refractivity contribution >= 4 is 33.1 Å². The molecule has 0 bridgehead atoms. The second-order valence-electron chi connectivity index (χ2n) is 8.42. The van der Waals surface area contributed by atoms with Gasteiger partial charge in [-0.2, -0.15) is 23.7 Å². The minimum Gasteiger partial charge on any atom is -0.326 e. The fourth-order valence-electron chi connectivity index (χ4n) is 4.06. The largest absolute Gasteiger partial charge is 0.416 e. The van der Waals surface area contributed by atoms with Crippen molar-refractivity contribution in [3.63, 3.8) is 0 Å². The van der Waals surface area contributed by atoms with Gasteiger partial charge in [0.1, 0.15) is 0 Å². The van der Waals surface area contributed by atoms with E-state index < -0.39 is 33.8 Å². The molecule has 2 N–H and O–H groups in total. The van der Waals surface area contributed by atoms with Crippen molar-refractivity contribution in [2.24, 2.45) is 0 Å². The summed E-state index contributed by atoms with van der Waals surface area (Å²) in [5.74, 6) is 0. The molecule has 2 amide bonds. The van der Waals surface area contributed by atoms with Crippen LogP contribution in [0.4, 0.5) is 23.7 Å². The number of nitrogens with one attached hydrogen (secondary N) is 2. The highest BCUT2D eigenvalue weighted by Gasteiger charge is 2.37. The molecule has 0 aliphatic carbocycles. The normalized spacial score (nSPS) is 16.0. The van der Waals surface area contributed by atoms with E-state index in [2.05, 4.69) is 15.0 Å². The molecule has 0 unspecified atom stereocenters. The number of aromatic nitrogens is 1. The fraction of sp³-hybridized carbons (Fsp3) is 0.200. The molecule has 3 aromatic rings. The van der Waals surface area contributed by atoms with Crippen LogP contribution in [0.15, 0.2) is 64.0 Å². The van der Waals surface area contributed by atoms with Crippen LogP contribution in [-0.2, 0) is 22.7 Å². The zero-order chi connectivity index (χ0) is 28.5. The van der Waals surface area contributed by atoms with Crippen LogP contribution in [0.3, 0.4) is 0 Å². The lowest BCUT2D eigenvalue weighted by Gasteiger charge is -2.34. The number of urea groups is 1. The summed E-state index contributed by atoms with van der Waals surface area (Å²) in [5, 5.41) is 24.3. The van der Waals surface area contributed by atoms with Crippen molar-refractivity contribution < 1.29 is 26.4 Å². The second-order valence-corrected chi connectivity index (χ2v) is 11.2. The molecule has 0 fully saturated rings. The van der Waals surface area contributed by atoms with Gasteiger partial charge in [0.2, 0.25) is 10.0 Å². The summed E-state index contributed by atoms with van der Waals surface area (Å²) >= 11 is 1.34. The Balaban J connectivity index is 1.78. The van der Waals surface area contributed by atoms with E-state index in [9.17, 15) is 36.9 Å². The number of carbonyl (C=O) groups is 1. The number of benzene rings is 2. The Morgan fingerprint density at radius 1 is 1.15 bits per heavy atom. The molecular formula is C25H19F3N6O3S2. The summed E-state index contributed by atoms with van der Waals surface area (Å²) in [6.45, 7) is 3.01. The number of thiazole rings is 1. The highest BCUT2D eigenvalue weighted by molar-refractivity contribution is 7.89. The Bertz CT molecular complexity index is 1680. The van der Waals surface area contributed by atoms with Crippen molar-refractivity contribution in [3.05, 3.63) is 86.5 Å². The maximum absolute atomic E-state index is 13.3. The summed E-state index contributed by atoms with van der Waals surface area (Å²) in [6, 6.07) is 9.53. The van der Waals surface area contributed by atoms with Crippen molar-refractivity contribution in [2.45, 2.75) is 37.5 Å². The molecule has 0 saturated carbocycles. The lowest BCUT2D eigenvalue weighted by Crippen LogP contribution is -2.47. The maximum Gasteiger partial charge on any atom is 0.416 e. The highest BCUT2D eigenvalue weighted by Crippen LogP contribution is 2.38. The molecule has 14 heteroatoms. The van der Waals surface area contributed by atoms with Crippen molar-refractivity contribution in [3.8, 4) is 12.1 Å². The predicted octanol–water partition coefficient (Wildman–Crippen LogP) is 4.89. The number of hydrogen-bond donors (Lipinski definition) is 2. The van der Waals surface area contributed by atoms with Crippen LogP contribution >= 0.6 is 11.3 Å². The Morgan fingerprint density at radius 2 is 1.90 bits per heavy atom. The van der Waals surface area contributed by atoms with Crippen LogP contribution in [-0.4, -0.2) is 19.4 Å². The van der Waals surface area contributed by atoms with E-state index in [1.807, 2.05) is 12.1 Å². The number of nitriles is 2. The first-order valence-electron chi connectivity index (χ1n) is 11.2. The number of nitrogens with zero attached hydrogens (tertiary/aromatic N) is 4. The van der Waals surface area contributed by atoms with Gasteiger partial charge in [0.25, 0.3) is 0 Å². The molecule has 9 nitrogen and oxygen atoms in total. The average molecular weight is 573 g/mol. The number of rotatable bonds is 6. The molecule has 0 spiro atoms. The van der Waals surface area contributed by atoms with E-state index in [-0.39, 0.29) is 39.5 Å². The number of sulfonamides is 1. The number of carbonyl (C=O) groups excluding carboxylic acids is 1. The number of hydrogen-bond acceptors (Lipinski definition) is 7. The molecule has 200 valence electrons. The van der Waals surface area contributed by atoms with E-state index in [1.54, 1.807) is 12.3 Å². The molecular weight excluding hydrogens is 553 g/mol. The van der Waals surface area contributed by atoms with Crippen LogP contribution < -0.4 is 14.9 Å². The standard InChI is InChI=1S/C25H19F3N6O3S2/c1-14-21(11-30)23(33-24(35)34(14)19-5-3-4-17(9-19)25(26,27)28)20-7-6-16(10-29)8-22(20)39(36,37)31-12-18-13-38-15(2)32-18/h3-9,13,23,31H,12H2,1-2H3,(H,33,35)/t23-/m1/s1. The Labute approximate surface area is 225 Å². The van der Waals surface area contributed by atoms with Gasteiger partial charge in [-0.1, -0.05) is 12.1 Å². The van der Waals surface area contributed by atoms with Crippen molar-refractivity contribution in [2.75, 3.05) is 4.90 Å². The van der Waals surface area contributed by atoms with E-state index in [0.717, 1.165) is 34.2 Å². The number of amides is 2. The molecule has 0 saturated heterocycles. The summed E-state index contributed by atoms with van der Waals surface area (Å²) in [4.78, 5) is 18.0. The van der Waals surface area contributed by atoms with Crippen molar-refractivity contribution in [1.29, 1.82) is 10.5 Å². The van der Waals surface area contributed by atoms with E-state index >= 15 is 0 Å². The average Bonchev–Trinajstić information content (AvgIpc) is 3.31. The lowest BCUT2D eigenvalue weighted by molar-refractivity contribution is -0.137. The summed E-state index contributed by atoms with van der Waals surface area (Å²) in [7, 11) is -4.27. The number of anilines is 1. The van der Waals surface area contributed by atoms with Gasteiger partial charge < -0.3 is 5.32 Å². The molecule has 4 rings (SSSR count). The molecule has 39 heavy (non-hydrogen) atoms. The Morgan fingerprint density at radius 3 is 2.51 bits per heavy atom. The molecule has 1 aromatic heterocycles. The van der Waals surface area contributed by atoms with Crippen LogP contribution in [0.25, 0.3) is 0 Å².